The molecule has 0 atom stereocenters. The molecule has 5 nitrogen and oxygen atoms in total. The molecule has 1 heterocycles. The maximum atomic E-state index is 13.5. The number of rotatable bonds is 11. The molecule has 0 aromatic carbocycles. The van der Waals surface area contributed by atoms with Crippen LogP contribution in [0.25, 0.3) is 0 Å². The fourth-order valence-corrected chi connectivity index (χ4v) is 2.51. The second-order valence-corrected chi connectivity index (χ2v) is 6.24. The molecule has 7 heteroatoms. The molecule has 2 fully saturated rings. The van der Waals surface area contributed by atoms with Gasteiger partial charge in [-0.25, -0.2) is 8.78 Å². The van der Waals surface area contributed by atoms with Crippen LogP contribution in [0.15, 0.2) is 0 Å². The fourth-order valence-electron chi connectivity index (χ4n) is 2.51. The minimum absolute atomic E-state index is 0.0670. The summed E-state index contributed by atoms with van der Waals surface area (Å²) in [4.78, 5) is 2.02. The van der Waals surface area contributed by atoms with Crippen LogP contribution in [-0.2, 0) is 18.9 Å². The number of ether oxygens (including phenoxy) is 4. The summed E-state index contributed by atoms with van der Waals surface area (Å²) in [6, 6.07) is 0. The highest BCUT2D eigenvalue weighted by molar-refractivity contribution is 4.80. The summed E-state index contributed by atoms with van der Waals surface area (Å²) in [5.41, 5.74) is 0. The summed E-state index contributed by atoms with van der Waals surface area (Å²) in [7, 11) is 3.63. The molecular formula is C15H27F2NO4. The van der Waals surface area contributed by atoms with Crippen LogP contribution in [0.1, 0.15) is 19.3 Å². The van der Waals surface area contributed by atoms with Crippen molar-refractivity contribution in [1.82, 2.24) is 4.90 Å². The number of likely N-dealkylation sites (tertiary alicyclic amines) is 1. The Morgan fingerprint density at radius 3 is 2.36 bits per heavy atom. The first kappa shape index (κ1) is 18.0. The van der Waals surface area contributed by atoms with Gasteiger partial charge in [-0.3, -0.25) is 0 Å². The van der Waals surface area contributed by atoms with Crippen molar-refractivity contribution < 1.29 is 27.7 Å². The molecule has 0 N–H and O–H groups in total. The van der Waals surface area contributed by atoms with Gasteiger partial charge in [-0.2, -0.15) is 0 Å². The van der Waals surface area contributed by atoms with Gasteiger partial charge in [0.1, 0.15) is 13.2 Å². The van der Waals surface area contributed by atoms with Gasteiger partial charge in [0.05, 0.1) is 18.3 Å². The molecule has 0 aromatic heterocycles. The normalized spacial score (nSPS) is 26.7. The molecule has 0 spiro atoms. The van der Waals surface area contributed by atoms with Crippen LogP contribution in [0.4, 0.5) is 8.78 Å². The first-order valence-corrected chi connectivity index (χ1v) is 7.88. The van der Waals surface area contributed by atoms with Crippen molar-refractivity contribution in [3.8, 4) is 0 Å². The Bertz CT molecular complexity index is 321. The predicted molar refractivity (Wildman–Crippen MR) is 77.4 cm³/mol. The van der Waals surface area contributed by atoms with E-state index in [1.807, 2.05) is 11.9 Å². The van der Waals surface area contributed by atoms with E-state index in [1.54, 1.807) is 7.11 Å². The summed E-state index contributed by atoms with van der Waals surface area (Å²) in [6.07, 6.45) is 2.96. The zero-order valence-corrected chi connectivity index (χ0v) is 13.4. The van der Waals surface area contributed by atoms with E-state index < -0.39 is 19.1 Å². The molecule has 0 aromatic rings. The zero-order valence-electron chi connectivity index (χ0n) is 13.4. The molecule has 2 aliphatic rings. The maximum absolute atomic E-state index is 13.5. The van der Waals surface area contributed by atoms with Crippen LogP contribution in [0.5, 0.6) is 0 Å². The third-order valence-electron chi connectivity index (χ3n) is 4.05. The highest BCUT2D eigenvalue weighted by Gasteiger charge is 2.33. The Balaban J connectivity index is 1.40. The first-order chi connectivity index (χ1) is 10.5. The van der Waals surface area contributed by atoms with Crippen molar-refractivity contribution in [3.05, 3.63) is 0 Å². The summed E-state index contributed by atoms with van der Waals surface area (Å²) in [5, 5.41) is 0. The van der Waals surface area contributed by atoms with Gasteiger partial charge in [0.15, 0.2) is 0 Å². The van der Waals surface area contributed by atoms with Crippen LogP contribution >= 0.6 is 0 Å². The Labute approximate surface area is 130 Å². The molecule has 0 bridgehead atoms. The zero-order chi connectivity index (χ0) is 16.0. The highest BCUT2D eigenvalue weighted by atomic mass is 19.3. The van der Waals surface area contributed by atoms with Crippen LogP contribution in [0.2, 0.25) is 0 Å². The van der Waals surface area contributed by atoms with Crippen LogP contribution < -0.4 is 0 Å². The van der Waals surface area contributed by atoms with Crippen molar-refractivity contribution in [2.45, 2.75) is 43.5 Å². The third-order valence-corrected chi connectivity index (χ3v) is 4.05. The van der Waals surface area contributed by atoms with Gasteiger partial charge in [-0.1, -0.05) is 0 Å². The number of alkyl halides is 2. The first-order valence-electron chi connectivity index (χ1n) is 7.88. The number of methoxy groups -OCH3 is 1. The second-order valence-electron chi connectivity index (χ2n) is 6.24. The van der Waals surface area contributed by atoms with Gasteiger partial charge in [0.2, 0.25) is 0 Å². The maximum Gasteiger partial charge on any atom is 0.293 e. The van der Waals surface area contributed by atoms with Gasteiger partial charge in [-0.15, -0.1) is 0 Å². The third kappa shape index (κ3) is 6.04. The molecule has 1 saturated heterocycles. The van der Waals surface area contributed by atoms with Gasteiger partial charge >= 0.3 is 0 Å². The molecule has 22 heavy (non-hydrogen) atoms. The number of halogens is 2. The van der Waals surface area contributed by atoms with Gasteiger partial charge < -0.3 is 23.8 Å². The SMILES string of the molecule is COC1CC(OCCCOCC(F)(F)COC2CN(C)C2)C1. The lowest BCUT2D eigenvalue weighted by Gasteiger charge is -2.36. The minimum atomic E-state index is -2.92. The minimum Gasteiger partial charge on any atom is -0.381 e. The van der Waals surface area contributed by atoms with E-state index in [0.717, 1.165) is 25.9 Å². The van der Waals surface area contributed by atoms with E-state index in [1.165, 1.54) is 0 Å². The highest BCUT2D eigenvalue weighted by Crippen LogP contribution is 2.25. The number of likely N-dealkylation sites (N-methyl/N-ethyl adjacent to an activating group) is 1. The number of nitrogens with zero attached hydrogens (tertiary/aromatic N) is 1. The molecule has 1 aliphatic heterocycles. The predicted octanol–water partition coefficient (Wildman–Crippen LogP) is 1.55. The number of hydrogen-bond acceptors (Lipinski definition) is 5. The smallest absolute Gasteiger partial charge is 0.293 e. The summed E-state index contributed by atoms with van der Waals surface area (Å²) in [6.45, 7) is 1.10. The fraction of sp³-hybridized carbons (Fsp3) is 1.00. The van der Waals surface area contributed by atoms with Crippen molar-refractivity contribution in [1.29, 1.82) is 0 Å². The van der Waals surface area contributed by atoms with Crippen LogP contribution in [-0.4, -0.2) is 82.8 Å². The Morgan fingerprint density at radius 2 is 1.73 bits per heavy atom. The quantitative estimate of drug-likeness (QED) is 0.540. The summed E-state index contributed by atoms with van der Waals surface area (Å²) < 4.78 is 48.0. The molecular weight excluding hydrogens is 296 g/mol. The standard InChI is InChI=1S/C15H27F2NO4/c1-18-8-14(9-18)22-11-15(16,17)10-20-4-3-5-21-13-6-12(7-13)19-2/h12-14H,3-11H2,1-2H3. The van der Waals surface area contributed by atoms with Crippen molar-refractivity contribution in [3.63, 3.8) is 0 Å². The Kier molecular flexibility index (Phi) is 6.95. The molecule has 2 rings (SSSR count). The van der Waals surface area contributed by atoms with E-state index in [2.05, 4.69) is 0 Å². The summed E-state index contributed by atoms with van der Waals surface area (Å²) >= 11 is 0. The second kappa shape index (κ2) is 8.49. The van der Waals surface area contributed by atoms with E-state index in [9.17, 15) is 8.78 Å². The van der Waals surface area contributed by atoms with Gasteiger partial charge in [0, 0.05) is 33.4 Å². The summed E-state index contributed by atoms with van der Waals surface area (Å²) in [5.74, 6) is -2.92. The van der Waals surface area contributed by atoms with Gasteiger partial charge in [-0.05, 0) is 26.3 Å². The molecule has 1 saturated carbocycles. The van der Waals surface area contributed by atoms with Crippen molar-refractivity contribution in [2.24, 2.45) is 0 Å². The largest absolute Gasteiger partial charge is 0.381 e. The average molecular weight is 323 g/mol. The molecule has 0 radical (unpaired) electrons. The molecule has 130 valence electrons. The lowest BCUT2D eigenvalue weighted by Crippen LogP contribution is -2.51. The molecule has 0 amide bonds. The lowest BCUT2D eigenvalue weighted by atomic mass is 9.92. The van der Waals surface area contributed by atoms with E-state index in [0.29, 0.717) is 19.1 Å². The van der Waals surface area contributed by atoms with Crippen LogP contribution in [0.3, 0.4) is 0 Å². The molecule has 0 unspecified atom stereocenters. The van der Waals surface area contributed by atoms with E-state index in [-0.39, 0.29) is 18.8 Å². The Morgan fingerprint density at radius 1 is 1.00 bits per heavy atom. The van der Waals surface area contributed by atoms with E-state index in [4.69, 9.17) is 18.9 Å². The number of hydrogen-bond donors (Lipinski definition) is 0. The monoisotopic (exact) mass is 323 g/mol. The van der Waals surface area contributed by atoms with Crippen molar-refractivity contribution in [2.75, 3.05) is 53.7 Å². The molecule has 1 aliphatic carbocycles. The Hall–Kier alpha value is -0.340. The van der Waals surface area contributed by atoms with Crippen molar-refractivity contribution >= 4 is 0 Å². The average Bonchev–Trinajstić information content (AvgIpc) is 2.39. The van der Waals surface area contributed by atoms with Gasteiger partial charge in [0.25, 0.3) is 5.92 Å². The topological polar surface area (TPSA) is 40.2 Å². The lowest BCUT2D eigenvalue weighted by molar-refractivity contribution is -0.157. The van der Waals surface area contributed by atoms with Crippen LogP contribution in [0, 0.1) is 0 Å². The van der Waals surface area contributed by atoms with E-state index >= 15 is 0 Å².